The second-order valence-corrected chi connectivity index (χ2v) is 5.80. The number of hydrogen-bond acceptors (Lipinski definition) is 3. The lowest BCUT2D eigenvalue weighted by atomic mass is 10.2. The quantitative estimate of drug-likeness (QED) is 0.860. The topological polar surface area (TPSA) is 47.1 Å². The minimum atomic E-state index is 0.406. The van der Waals surface area contributed by atoms with Gasteiger partial charge in [0.1, 0.15) is 5.82 Å². The fraction of sp³-hybridized carbons (Fsp3) is 0.533. The lowest BCUT2D eigenvalue weighted by molar-refractivity contribution is 0.283. The molecule has 0 amide bonds. The molecule has 0 radical (unpaired) electrons. The van der Waals surface area contributed by atoms with Crippen LogP contribution in [0.5, 0.6) is 0 Å². The van der Waals surface area contributed by atoms with Crippen molar-refractivity contribution in [1.82, 2.24) is 14.5 Å². The van der Waals surface area contributed by atoms with Crippen LogP contribution in [0.2, 0.25) is 0 Å². The first-order chi connectivity index (χ1) is 8.90. The Labute approximate surface area is 115 Å². The van der Waals surface area contributed by atoms with E-state index < -0.39 is 0 Å². The third-order valence-corrected chi connectivity index (χ3v) is 3.65. The summed E-state index contributed by atoms with van der Waals surface area (Å²) in [6.45, 7) is 7.54. The Bertz CT molecular complexity index is 569. The van der Waals surface area contributed by atoms with Gasteiger partial charge in [-0.2, -0.15) is 0 Å². The predicted molar refractivity (Wildman–Crippen MR) is 81.4 cm³/mol. The lowest BCUT2D eigenvalue weighted by Crippen LogP contribution is -2.30. The number of nitrogen functional groups attached to an aromatic ring is 1. The Hall–Kier alpha value is -1.55. The number of imidazole rings is 1. The molecule has 1 unspecified atom stereocenters. The molecule has 2 aromatic rings. The number of nitrogens with zero attached hydrogens (tertiary/aromatic N) is 3. The summed E-state index contributed by atoms with van der Waals surface area (Å²) < 4.78 is 2.32. The number of anilines is 1. The van der Waals surface area contributed by atoms with Crippen LogP contribution in [-0.4, -0.2) is 34.6 Å². The van der Waals surface area contributed by atoms with Crippen LogP contribution in [0.25, 0.3) is 11.0 Å². The normalized spacial score (nSPS) is 13.6. The van der Waals surface area contributed by atoms with Crippen molar-refractivity contribution in [1.29, 1.82) is 0 Å². The van der Waals surface area contributed by atoms with Gasteiger partial charge in [-0.3, -0.25) is 0 Å². The van der Waals surface area contributed by atoms with E-state index in [0.717, 1.165) is 23.6 Å². The van der Waals surface area contributed by atoms with Crippen LogP contribution in [0.3, 0.4) is 0 Å². The van der Waals surface area contributed by atoms with E-state index in [1.807, 2.05) is 12.1 Å². The summed E-state index contributed by atoms with van der Waals surface area (Å²) in [7, 11) is 4.22. The average Bonchev–Trinajstić information content (AvgIpc) is 2.67. The predicted octanol–water partition coefficient (Wildman–Crippen LogP) is 2.69. The van der Waals surface area contributed by atoms with Gasteiger partial charge in [-0.25, -0.2) is 4.98 Å². The van der Waals surface area contributed by atoms with E-state index in [9.17, 15) is 0 Å². The summed E-state index contributed by atoms with van der Waals surface area (Å²) in [5, 5.41) is 0. The third-order valence-electron chi connectivity index (χ3n) is 3.65. The van der Waals surface area contributed by atoms with Crippen molar-refractivity contribution in [2.45, 2.75) is 39.3 Å². The molecule has 0 saturated heterocycles. The molecule has 2 rings (SSSR count). The van der Waals surface area contributed by atoms with Gasteiger partial charge < -0.3 is 15.2 Å². The van der Waals surface area contributed by atoms with Crippen molar-refractivity contribution in [3.63, 3.8) is 0 Å². The van der Waals surface area contributed by atoms with Crippen molar-refractivity contribution < 1.29 is 0 Å². The smallest absolute Gasteiger partial charge is 0.112 e. The molecule has 2 N–H and O–H groups in total. The maximum Gasteiger partial charge on any atom is 0.112 e. The van der Waals surface area contributed by atoms with Gasteiger partial charge in [0.25, 0.3) is 0 Å². The Morgan fingerprint density at radius 1 is 1.26 bits per heavy atom. The van der Waals surface area contributed by atoms with E-state index in [4.69, 9.17) is 10.7 Å². The highest BCUT2D eigenvalue weighted by atomic mass is 15.2. The molecule has 104 valence electrons. The van der Waals surface area contributed by atoms with Gasteiger partial charge >= 0.3 is 0 Å². The lowest BCUT2D eigenvalue weighted by Gasteiger charge is -2.22. The molecular formula is C15H24N4. The van der Waals surface area contributed by atoms with Gasteiger partial charge in [-0.15, -0.1) is 0 Å². The zero-order valence-electron chi connectivity index (χ0n) is 12.5. The Kier molecular flexibility index (Phi) is 3.80. The number of hydrogen-bond donors (Lipinski definition) is 1. The number of benzene rings is 1. The molecule has 1 aromatic carbocycles. The van der Waals surface area contributed by atoms with Gasteiger partial charge in [-0.1, -0.05) is 13.8 Å². The highest BCUT2D eigenvalue weighted by Gasteiger charge is 2.16. The van der Waals surface area contributed by atoms with E-state index in [0.29, 0.717) is 12.0 Å². The first-order valence-electron chi connectivity index (χ1n) is 6.82. The molecule has 0 spiro atoms. The summed E-state index contributed by atoms with van der Waals surface area (Å²) in [5.41, 5.74) is 8.79. The largest absolute Gasteiger partial charge is 0.399 e. The molecule has 1 aromatic heterocycles. The molecular weight excluding hydrogens is 236 g/mol. The molecule has 4 nitrogen and oxygen atoms in total. The maximum atomic E-state index is 5.85. The minimum Gasteiger partial charge on any atom is -0.399 e. The maximum absolute atomic E-state index is 5.85. The zero-order chi connectivity index (χ0) is 14.2. The van der Waals surface area contributed by atoms with E-state index in [1.54, 1.807) is 0 Å². The number of fused-ring (bicyclic) bond motifs is 1. The van der Waals surface area contributed by atoms with Gasteiger partial charge in [0, 0.05) is 24.2 Å². The average molecular weight is 260 g/mol. The van der Waals surface area contributed by atoms with Crippen LogP contribution >= 0.6 is 0 Å². The zero-order valence-corrected chi connectivity index (χ0v) is 12.5. The van der Waals surface area contributed by atoms with E-state index >= 15 is 0 Å². The summed E-state index contributed by atoms with van der Waals surface area (Å²) in [6, 6.07) is 6.45. The Morgan fingerprint density at radius 2 is 1.95 bits per heavy atom. The number of aromatic nitrogens is 2. The number of nitrogens with two attached hydrogens (primary N) is 1. The van der Waals surface area contributed by atoms with E-state index in [1.165, 1.54) is 5.52 Å². The molecule has 0 aliphatic rings. The van der Waals surface area contributed by atoms with Crippen molar-refractivity contribution in [2.24, 2.45) is 0 Å². The van der Waals surface area contributed by atoms with Crippen LogP contribution in [0.4, 0.5) is 5.69 Å². The van der Waals surface area contributed by atoms with Crippen molar-refractivity contribution in [3.05, 3.63) is 24.0 Å². The van der Waals surface area contributed by atoms with Crippen molar-refractivity contribution in [3.8, 4) is 0 Å². The Balaban J connectivity index is 2.52. The molecule has 0 fully saturated rings. The van der Waals surface area contributed by atoms with Crippen molar-refractivity contribution >= 4 is 16.7 Å². The van der Waals surface area contributed by atoms with Crippen LogP contribution < -0.4 is 5.73 Å². The summed E-state index contributed by atoms with van der Waals surface area (Å²) in [4.78, 5) is 6.98. The van der Waals surface area contributed by atoms with Crippen LogP contribution in [0.15, 0.2) is 18.2 Å². The fourth-order valence-corrected chi connectivity index (χ4v) is 2.23. The first-order valence-corrected chi connectivity index (χ1v) is 6.82. The second-order valence-electron chi connectivity index (χ2n) is 5.80. The van der Waals surface area contributed by atoms with Gasteiger partial charge in [0.2, 0.25) is 0 Å². The fourth-order valence-electron chi connectivity index (χ4n) is 2.23. The minimum absolute atomic E-state index is 0.406. The number of rotatable bonds is 4. The molecule has 0 aliphatic carbocycles. The first kappa shape index (κ1) is 13.9. The standard InChI is InChI=1S/C15H24N4/c1-10(2)15-17-13-8-12(16)6-7-14(13)19(15)9-11(3)18(4)5/h6-8,10-11H,9,16H2,1-5H3. The summed E-state index contributed by atoms with van der Waals surface area (Å²) in [6.07, 6.45) is 0. The number of likely N-dealkylation sites (N-methyl/N-ethyl adjacent to an activating group) is 1. The highest BCUT2D eigenvalue weighted by Crippen LogP contribution is 2.24. The molecule has 19 heavy (non-hydrogen) atoms. The van der Waals surface area contributed by atoms with Gasteiger partial charge in [0.15, 0.2) is 0 Å². The summed E-state index contributed by atoms with van der Waals surface area (Å²) >= 11 is 0. The van der Waals surface area contributed by atoms with E-state index in [2.05, 4.69) is 50.4 Å². The van der Waals surface area contributed by atoms with Crippen LogP contribution in [0.1, 0.15) is 32.5 Å². The van der Waals surface area contributed by atoms with Gasteiger partial charge in [-0.05, 0) is 39.2 Å². The Morgan fingerprint density at radius 3 is 2.53 bits per heavy atom. The third kappa shape index (κ3) is 2.73. The monoisotopic (exact) mass is 260 g/mol. The molecule has 0 aliphatic heterocycles. The van der Waals surface area contributed by atoms with Crippen LogP contribution in [-0.2, 0) is 6.54 Å². The van der Waals surface area contributed by atoms with E-state index in [-0.39, 0.29) is 0 Å². The summed E-state index contributed by atoms with van der Waals surface area (Å²) in [5.74, 6) is 1.54. The molecule has 0 bridgehead atoms. The van der Waals surface area contributed by atoms with Gasteiger partial charge in [0.05, 0.1) is 11.0 Å². The molecule has 4 heteroatoms. The second kappa shape index (κ2) is 5.21. The molecule has 1 atom stereocenters. The highest BCUT2D eigenvalue weighted by molar-refractivity contribution is 5.79. The molecule has 1 heterocycles. The van der Waals surface area contributed by atoms with Crippen LogP contribution in [0, 0.1) is 0 Å². The molecule has 0 saturated carbocycles. The van der Waals surface area contributed by atoms with Crippen molar-refractivity contribution in [2.75, 3.05) is 19.8 Å². The SMILES string of the molecule is CC(C)c1nc2cc(N)ccc2n1CC(C)N(C)C.